The van der Waals surface area contributed by atoms with Crippen LogP contribution in [0.1, 0.15) is 78.6 Å². The molecule has 19 heavy (non-hydrogen) atoms. The van der Waals surface area contributed by atoms with Crippen molar-refractivity contribution in [3.05, 3.63) is 12.2 Å². The Kier molecular flexibility index (Phi) is 13.1. The van der Waals surface area contributed by atoms with E-state index >= 15 is 0 Å². The molecule has 0 aromatic carbocycles. The van der Waals surface area contributed by atoms with Gasteiger partial charge in [-0.15, -0.1) is 0 Å². The standard InChI is InChI=1S/C17H32O2/c1-4-13-16(3)14-11-9-7-6-8-10-12-15-19-17(18)5-2/h4,13,16H,5-12,14-15H2,1-3H3/b13-4+. The summed E-state index contributed by atoms with van der Waals surface area (Å²) in [6, 6.07) is 0. The molecular weight excluding hydrogens is 236 g/mol. The summed E-state index contributed by atoms with van der Waals surface area (Å²) < 4.78 is 5.04. The fraction of sp³-hybridized carbons (Fsp3) is 0.824. The third-order valence-electron chi connectivity index (χ3n) is 3.38. The zero-order valence-corrected chi connectivity index (χ0v) is 13.1. The van der Waals surface area contributed by atoms with Crippen molar-refractivity contribution >= 4 is 5.97 Å². The maximum Gasteiger partial charge on any atom is 0.305 e. The first-order valence-corrected chi connectivity index (χ1v) is 7.99. The van der Waals surface area contributed by atoms with Crippen LogP contribution in [0.4, 0.5) is 0 Å². The highest BCUT2D eigenvalue weighted by Gasteiger charge is 1.98. The molecule has 0 rings (SSSR count). The molecule has 112 valence electrons. The first-order valence-electron chi connectivity index (χ1n) is 7.99. The lowest BCUT2D eigenvalue weighted by Gasteiger charge is -2.06. The average molecular weight is 268 g/mol. The molecule has 0 aromatic heterocycles. The highest BCUT2D eigenvalue weighted by molar-refractivity contribution is 5.68. The summed E-state index contributed by atoms with van der Waals surface area (Å²) in [5.41, 5.74) is 0. The van der Waals surface area contributed by atoms with Gasteiger partial charge in [0.2, 0.25) is 0 Å². The number of allylic oxidation sites excluding steroid dienone is 2. The van der Waals surface area contributed by atoms with Crippen LogP contribution >= 0.6 is 0 Å². The Morgan fingerprint density at radius 1 is 1.05 bits per heavy atom. The molecule has 0 amide bonds. The molecule has 0 fully saturated rings. The molecule has 2 heteroatoms. The SMILES string of the molecule is C/C=C/C(C)CCCCCCCCCOC(=O)CC. The van der Waals surface area contributed by atoms with E-state index in [0.29, 0.717) is 13.0 Å². The van der Waals surface area contributed by atoms with Crippen molar-refractivity contribution in [2.75, 3.05) is 6.61 Å². The number of rotatable bonds is 12. The fourth-order valence-corrected chi connectivity index (χ4v) is 2.17. The molecule has 0 radical (unpaired) electrons. The molecular formula is C17H32O2. The van der Waals surface area contributed by atoms with Gasteiger partial charge in [-0.2, -0.15) is 0 Å². The van der Waals surface area contributed by atoms with E-state index in [1.54, 1.807) is 0 Å². The summed E-state index contributed by atoms with van der Waals surface area (Å²) in [6.07, 6.45) is 15.1. The van der Waals surface area contributed by atoms with Crippen molar-refractivity contribution in [3.8, 4) is 0 Å². The smallest absolute Gasteiger partial charge is 0.305 e. The van der Waals surface area contributed by atoms with Crippen LogP contribution in [0.3, 0.4) is 0 Å². The lowest BCUT2D eigenvalue weighted by molar-refractivity contribution is -0.143. The normalized spacial score (nSPS) is 12.8. The van der Waals surface area contributed by atoms with Gasteiger partial charge in [0.25, 0.3) is 0 Å². The summed E-state index contributed by atoms with van der Waals surface area (Å²) >= 11 is 0. The first-order chi connectivity index (χ1) is 9.20. The summed E-state index contributed by atoms with van der Waals surface area (Å²) in [4.78, 5) is 10.9. The average Bonchev–Trinajstić information content (AvgIpc) is 2.40. The number of esters is 1. The minimum absolute atomic E-state index is 0.0738. The van der Waals surface area contributed by atoms with Crippen LogP contribution in [0.15, 0.2) is 12.2 Å². The van der Waals surface area contributed by atoms with Crippen LogP contribution < -0.4 is 0 Å². The molecule has 0 aromatic rings. The van der Waals surface area contributed by atoms with Crippen molar-refractivity contribution in [2.45, 2.75) is 78.6 Å². The molecule has 0 spiro atoms. The fourth-order valence-electron chi connectivity index (χ4n) is 2.17. The predicted octanol–water partition coefficient (Wildman–Crippen LogP) is 5.27. The predicted molar refractivity (Wildman–Crippen MR) is 82.2 cm³/mol. The second-order valence-corrected chi connectivity index (χ2v) is 5.34. The monoisotopic (exact) mass is 268 g/mol. The molecule has 0 bridgehead atoms. The molecule has 0 aliphatic rings. The van der Waals surface area contributed by atoms with Gasteiger partial charge in [0, 0.05) is 6.42 Å². The summed E-state index contributed by atoms with van der Waals surface area (Å²) in [5, 5.41) is 0. The largest absolute Gasteiger partial charge is 0.466 e. The molecule has 1 unspecified atom stereocenters. The number of unbranched alkanes of at least 4 members (excludes halogenated alkanes) is 6. The van der Waals surface area contributed by atoms with E-state index in [1.807, 2.05) is 6.92 Å². The van der Waals surface area contributed by atoms with E-state index in [1.165, 1.54) is 44.9 Å². The Labute approximate surface area is 119 Å². The molecule has 0 saturated heterocycles. The van der Waals surface area contributed by atoms with Crippen molar-refractivity contribution in [3.63, 3.8) is 0 Å². The summed E-state index contributed by atoms with van der Waals surface area (Å²) in [5.74, 6) is 0.661. The zero-order valence-electron chi connectivity index (χ0n) is 13.1. The van der Waals surface area contributed by atoms with E-state index < -0.39 is 0 Å². The number of hydrogen-bond donors (Lipinski definition) is 0. The van der Waals surface area contributed by atoms with Gasteiger partial charge in [0.15, 0.2) is 0 Å². The molecule has 2 nitrogen and oxygen atoms in total. The van der Waals surface area contributed by atoms with Crippen molar-refractivity contribution < 1.29 is 9.53 Å². The maximum atomic E-state index is 10.9. The minimum atomic E-state index is -0.0738. The number of ether oxygens (including phenoxy) is 1. The Hall–Kier alpha value is -0.790. The Bertz CT molecular complexity index is 233. The minimum Gasteiger partial charge on any atom is -0.466 e. The number of carbonyl (C=O) groups is 1. The summed E-state index contributed by atoms with van der Waals surface area (Å²) in [7, 11) is 0. The van der Waals surface area contributed by atoms with E-state index in [2.05, 4.69) is 26.0 Å². The summed E-state index contributed by atoms with van der Waals surface area (Å²) in [6.45, 7) is 6.82. The number of carbonyl (C=O) groups excluding carboxylic acids is 1. The third kappa shape index (κ3) is 13.4. The molecule has 1 atom stereocenters. The van der Waals surface area contributed by atoms with Crippen LogP contribution in [-0.2, 0) is 9.53 Å². The topological polar surface area (TPSA) is 26.3 Å². The van der Waals surface area contributed by atoms with Gasteiger partial charge in [0.05, 0.1) is 6.61 Å². The maximum absolute atomic E-state index is 10.9. The molecule has 0 aliphatic carbocycles. The highest BCUT2D eigenvalue weighted by Crippen LogP contribution is 2.13. The molecule has 0 aliphatic heterocycles. The van der Waals surface area contributed by atoms with E-state index in [4.69, 9.17) is 4.74 Å². The second-order valence-electron chi connectivity index (χ2n) is 5.34. The zero-order chi connectivity index (χ0) is 14.3. The van der Waals surface area contributed by atoms with Crippen LogP contribution in [-0.4, -0.2) is 12.6 Å². The number of hydrogen-bond acceptors (Lipinski definition) is 2. The molecule has 0 heterocycles. The Morgan fingerprint density at radius 2 is 1.63 bits per heavy atom. The van der Waals surface area contributed by atoms with Crippen molar-refractivity contribution in [2.24, 2.45) is 5.92 Å². The van der Waals surface area contributed by atoms with Crippen LogP contribution in [0.5, 0.6) is 0 Å². The molecule has 0 N–H and O–H groups in total. The van der Waals surface area contributed by atoms with Gasteiger partial charge < -0.3 is 4.74 Å². The van der Waals surface area contributed by atoms with Gasteiger partial charge in [0.1, 0.15) is 0 Å². The van der Waals surface area contributed by atoms with Crippen molar-refractivity contribution in [1.29, 1.82) is 0 Å². The quantitative estimate of drug-likeness (QED) is 0.274. The lowest BCUT2D eigenvalue weighted by Crippen LogP contribution is -2.03. The molecule has 0 saturated carbocycles. The Morgan fingerprint density at radius 3 is 2.21 bits per heavy atom. The van der Waals surface area contributed by atoms with Gasteiger partial charge >= 0.3 is 5.97 Å². The van der Waals surface area contributed by atoms with Gasteiger partial charge in [-0.3, -0.25) is 4.79 Å². The second kappa shape index (κ2) is 13.6. The Balaban J connectivity index is 3.13. The third-order valence-corrected chi connectivity index (χ3v) is 3.38. The van der Waals surface area contributed by atoms with Crippen LogP contribution in [0.25, 0.3) is 0 Å². The van der Waals surface area contributed by atoms with E-state index in [-0.39, 0.29) is 5.97 Å². The first kappa shape index (κ1) is 18.2. The van der Waals surface area contributed by atoms with E-state index in [0.717, 1.165) is 12.3 Å². The van der Waals surface area contributed by atoms with Gasteiger partial charge in [-0.25, -0.2) is 0 Å². The van der Waals surface area contributed by atoms with E-state index in [9.17, 15) is 4.79 Å². The van der Waals surface area contributed by atoms with Gasteiger partial charge in [-0.1, -0.05) is 64.5 Å². The lowest BCUT2D eigenvalue weighted by atomic mass is 10.0. The van der Waals surface area contributed by atoms with Crippen LogP contribution in [0, 0.1) is 5.92 Å². The highest BCUT2D eigenvalue weighted by atomic mass is 16.5. The van der Waals surface area contributed by atoms with Gasteiger partial charge in [-0.05, 0) is 25.7 Å². The van der Waals surface area contributed by atoms with Crippen molar-refractivity contribution in [1.82, 2.24) is 0 Å². The van der Waals surface area contributed by atoms with Crippen LogP contribution in [0.2, 0.25) is 0 Å².